The van der Waals surface area contributed by atoms with Crippen LogP contribution >= 0.6 is 0 Å². The summed E-state index contributed by atoms with van der Waals surface area (Å²) in [6.07, 6.45) is 7.59. The molecule has 2 aromatic carbocycles. The summed E-state index contributed by atoms with van der Waals surface area (Å²) < 4.78 is 5.94. The van der Waals surface area contributed by atoms with E-state index in [1.807, 2.05) is 42.5 Å². The van der Waals surface area contributed by atoms with Gasteiger partial charge < -0.3 is 15.4 Å². The molecule has 4 rings (SSSR count). The largest absolute Gasteiger partial charge is 0.462 e. The fraction of sp³-hybridized carbons (Fsp3) is 0.417. The lowest BCUT2D eigenvalue weighted by Gasteiger charge is -2.35. The summed E-state index contributed by atoms with van der Waals surface area (Å²) in [7, 11) is 0. The zero-order chi connectivity index (χ0) is 20.2. The molecule has 152 valence electrons. The number of carbonyl (C=O) groups excluding carboxylic acids is 2. The van der Waals surface area contributed by atoms with E-state index < -0.39 is 12.0 Å². The highest BCUT2D eigenvalue weighted by atomic mass is 16.5. The van der Waals surface area contributed by atoms with Crippen molar-refractivity contribution in [3.05, 3.63) is 60.3 Å². The second-order valence-electron chi connectivity index (χ2n) is 8.05. The molecule has 2 fully saturated rings. The van der Waals surface area contributed by atoms with E-state index in [-0.39, 0.29) is 18.1 Å². The van der Waals surface area contributed by atoms with Crippen LogP contribution < -0.4 is 10.6 Å². The van der Waals surface area contributed by atoms with E-state index in [2.05, 4.69) is 17.2 Å². The van der Waals surface area contributed by atoms with Crippen LogP contribution in [0.4, 0.5) is 4.79 Å². The van der Waals surface area contributed by atoms with Crippen molar-refractivity contribution in [1.29, 1.82) is 0 Å². The number of hydrogen-bond acceptors (Lipinski definition) is 3. The van der Waals surface area contributed by atoms with Crippen molar-refractivity contribution in [3.63, 3.8) is 0 Å². The minimum atomic E-state index is -0.663. The fourth-order valence-corrected chi connectivity index (χ4v) is 4.52. The molecule has 0 spiro atoms. The van der Waals surface area contributed by atoms with Gasteiger partial charge in [0, 0.05) is 5.70 Å². The summed E-state index contributed by atoms with van der Waals surface area (Å²) in [5.41, 5.74) is 1.29. The predicted octanol–water partition coefficient (Wildman–Crippen LogP) is 4.98. The van der Waals surface area contributed by atoms with Crippen LogP contribution in [0.1, 0.15) is 56.6 Å². The number of fused-ring (bicyclic) bond motifs is 1. The first-order valence-electron chi connectivity index (χ1n) is 10.6. The Morgan fingerprint density at radius 3 is 2.45 bits per heavy atom. The van der Waals surface area contributed by atoms with Gasteiger partial charge in [0.05, 0.1) is 6.04 Å². The van der Waals surface area contributed by atoms with E-state index in [1.165, 1.54) is 19.3 Å². The van der Waals surface area contributed by atoms with Gasteiger partial charge in [0.25, 0.3) is 0 Å². The lowest BCUT2D eigenvalue weighted by atomic mass is 9.86. The second-order valence-corrected chi connectivity index (χ2v) is 8.05. The summed E-state index contributed by atoms with van der Waals surface area (Å²) >= 11 is 0. The Labute approximate surface area is 171 Å². The van der Waals surface area contributed by atoms with Gasteiger partial charge in [-0.25, -0.2) is 4.79 Å². The normalized spacial score (nSPS) is 23.6. The number of hydrogen-bond donors (Lipinski definition) is 2. The van der Waals surface area contributed by atoms with Crippen LogP contribution in [0, 0.1) is 5.92 Å². The van der Waals surface area contributed by atoms with Crippen molar-refractivity contribution in [3.8, 4) is 0 Å². The van der Waals surface area contributed by atoms with E-state index in [0.29, 0.717) is 5.70 Å². The minimum Gasteiger partial charge on any atom is -0.462 e. The van der Waals surface area contributed by atoms with Crippen molar-refractivity contribution in [1.82, 2.24) is 10.6 Å². The van der Waals surface area contributed by atoms with Gasteiger partial charge in [-0.05, 0) is 42.0 Å². The van der Waals surface area contributed by atoms with E-state index in [0.717, 1.165) is 42.0 Å². The number of amides is 2. The molecule has 2 N–H and O–H groups in total. The predicted molar refractivity (Wildman–Crippen MR) is 113 cm³/mol. The summed E-state index contributed by atoms with van der Waals surface area (Å²) in [5.74, 6) is -0.977. The molecule has 2 amide bonds. The van der Waals surface area contributed by atoms with Crippen LogP contribution in [0.15, 0.2) is 54.7 Å². The zero-order valence-electron chi connectivity index (χ0n) is 16.7. The van der Waals surface area contributed by atoms with Crippen LogP contribution in [0.3, 0.4) is 0 Å². The van der Waals surface area contributed by atoms with Gasteiger partial charge in [0.1, 0.15) is 12.0 Å². The molecule has 1 aliphatic carbocycles. The third kappa shape index (κ3) is 4.29. The van der Waals surface area contributed by atoms with Crippen LogP contribution in [0.25, 0.3) is 10.8 Å². The molecule has 0 aromatic heterocycles. The monoisotopic (exact) mass is 392 g/mol. The SMILES string of the molecule is C=C1NC(=O)NC(c2cccc3ccccc23)C1C(=O)OC1CCCCCCC1. The quantitative estimate of drug-likeness (QED) is 0.724. The number of benzene rings is 2. The van der Waals surface area contributed by atoms with Gasteiger partial charge in [-0.2, -0.15) is 0 Å². The Kier molecular flexibility index (Phi) is 5.84. The van der Waals surface area contributed by atoms with Crippen molar-refractivity contribution in [2.24, 2.45) is 5.92 Å². The third-order valence-corrected chi connectivity index (χ3v) is 6.02. The molecule has 2 aromatic rings. The zero-order valence-corrected chi connectivity index (χ0v) is 16.7. The molecule has 1 saturated carbocycles. The number of esters is 1. The Morgan fingerprint density at radius 1 is 0.966 bits per heavy atom. The fourth-order valence-electron chi connectivity index (χ4n) is 4.52. The van der Waals surface area contributed by atoms with Crippen LogP contribution in [0.5, 0.6) is 0 Å². The lowest BCUT2D eigenvalue weighted by molar-refractivity contribution is -0.155. The Balaban J connectivity index is 1.62. The standard InChI is InChI=1S/C24H28N2O3/c1-16-21(23(27)29-18-12-5-3-2-4-6-13-18)22(26-24(28)25-16)20-15-9-11-17-10-7-8-14-19(17)20/h7-11,14-15,18,21-22H,1-6,12-13H2,(H2,25,26,28). The van der Waals surface area contributed by atoms with Gasteiger partial charge in [-0.15, -0.1) is 0 Å². The highest BCUT2D eigenvalue weighted by molar-refractivity contribution is 5.90. The topological polar surface area (TPSA) is 67.4 Å². The first-order chi connectivity index (χ1) is 14.1. The number of rotatable bonds is 3. The average Bonchev–Trinajstić information content (AvgIpc) is 2.68. The minimum absolute atomic E-state index is 0.0543. The highest BCUT2D eigenvalue weighted by Crippen LogP contribution is 2.35. The number of urea groups is 1. The van der Waals surface area contributed by atoms with Crippen LogP contribution in [-0.2, 0) is 9.53 Å². The maximum atomic E-state index is 13.2. The Morgan fingerprint density at radius 2 is 1.66 bits per heavy atom. The molecule has 0 bridgehead atoms. The van der Waals surface area contributed by atoms with Crippen molar-refractivity contribution in [2.75, 3.05) is 0 Å². The number of nitrogens with one attached hydrogen (secondary N) is 2. The van der Waals surface area contributed by atoms with E-state index in [1.54, 1.807) is 0 Å². The lowest BCUT2D eigenvalue weighted by Crippen LogP contribution is -2.51. The van der Waals surface area contributed by atoms with Gasteiger partial charge in [-0.3, -0.25) is 4.79 Å². The van der Waals surface area contributed by atoms with Gasteiger partial charge in [-0.1, -0.05) is 68.3 Å². The van der Waals surface area contributed by atoms with Gasteiger partial charge in [0.15, 0.2) is 0 Å². The van der Waals surface area contributed by atoms with Gasteiger partial charge >= 0.3 is 12.0 Å². The molecule has 5 nitrogen and oxygen atoms in total. The number of ether oxygens (including phenoxy) is 1. The van der Waals surface area contributed by atoms with Crippen LogP contribution in [0.2, 0.25) is 0 Å². The first-order valence-corrected chi connectivity index (χ1v) is 10.6. The summed E-state index contributed by atoms with van der Waals surface area (Å²) in [5, 5.41) is 7.68. The van der Waals surface area contributed by atoms with Crippen molar-refractivity contribution < 1.29 is 14.3 Å². The molecule has 2 unspecified atom stereocenters. The molecule has 2 aliphatic rings. The van der Waals surface area contributed by atoms with E-state index in [9.17, 15) is 9.59 Å². The third-order valence-electron chi connectivity index (χ3n) is 6.02. The maximum Gasteiger partial charge on any atom is 0.319 e. The summed E-state index contributed by atoms with van der Waals surface area (Å²) in [6, 6.07) is 13.1. The van der Waals surface area contributed by atoms with E-state index in [4.69, 9.17) is 4.74 Å². The second kappa shape index (κ2) is 8.68. The Bertz CT molecular complexity index is 910. The average molecular weight is 392 g/mol. The summed E-state index contributed by atoms with van der Waals surface area (Å²) in [4.78, 5) is 25.4. The first kappa shape index (κ1) is 19.5. The smallest absolute Gasteiger partial charge is 0.319 e. The Hall–Kier alpha value is -2.82. The molecule has 29 heavy (non-hydrogen) atoms. The molecular weight excluding hydrogens is 364 g/mol. The molecular formula is C24H28N2O3. The van der Waals surface area contributed by atoms with E-state index >= 15 is 0 Å². The van der Waals surface area contributed by atoms with Crippen molar-refractivity contribution >= 4 is 22.8 Å². The molecule has 2 atom stereocenters. The number of carbonyl (C=O) groups is 2. The molecule has 1 heterocycles. The molecule has 0 radical (unpaired) electrons. The van der Waals surface area contributed by atoms with Crippen LogP contribution in [-0.4, -0.2) is 18.1 Å². The maximum absolute atomic E-state index is 13.2. The van der Waals surface area contributed by atoms with Crippen molar-refractivity contribution in [2.45, 2.75) is 57.1 Å². The molecule has 1 aliphatic heterocycles. The van der Waals surface area contributed by atoms with Gasteiger partial charge in [0.2, 0.25) is 0 Å². The molecule has 1 saturated heterocycles. The molecule has 5 heteroatoms. The summed E-state index contributed by atoms with van der Waals surface area (Å²) in [6.45, 7) is 3.98. The highest BCUT2D eigenvalue weighted by Gasteiger charge is 2.40.